The fourth-order valence-corrected chi connectivity index (χ4v) is 3.67. The maximum absolute atomic E-state index is 10.9. The number of phenols is 1. The number of halogens is 1. The highest BCUT2D eigenvalue weighted by Gasteiger charge is 2.27. The first-order chi connectivity index (χ1) is 13.9. The van der Waals surface area contributed by atoms with Gasteiger partial charge in [0.2, 0.25) is 0 Å². The van der Waals surface area contributed by atoms with Gasteiger partial charge in [-0.2, -0.15) is 0 Å². The number of benzene rings is 2. The van der Waals surface area contributed by atoms with Gasteiger partial charge in [-0.25, -0.2) is 4.98 Å². The smallest absolute Gasteiger partial charge is 0.199 e. The van der Waals surface area contributed by atoms with Crippen molar-refractivity contribution in [3.63, 3.8) is 0 Å². The number of phenolic OH excluding ortho intramolecular Hbond substituents is 1. The number of aliphatic hydroxyl groups is 1. The molecule has 0 spiro atoms. The molecule has 0 saturated carbocycles. The molecule has 0 aliphatic carbocycles. The fraction of sp³-hybridized carbons (Fsp3) is 0.400. The predicted octanol–water partition coefficient (Wildman–Crippen LogP) is 5.72. The highest BCUT2D eigenvalue weighted by molar-refractivity contribution is 6.31. The van der Waals surface area contributed by atoms with Gasteiger partial charge in [0.25, 0.3) is 0 Å². The second-order valence-corrected chi connectivity index (χ2v) is 10.0. The van der Waals surface area contributed by atoms with E-state index in [-0.39, 0.29) is 17.4 Å². The maximum Gasteiger partial charge on any atom is 0.199 e. The summed E-state index contributed by atoms with van der Waals surface area (Å²) in [7, 11) is 0. The van der Waals surface area contributed by atoms with E-state index in [1.54, 1.807) is 12.1 Å². The molecule has 30 heavy (non-hydrogen) atoms. The van der Waals surface area contributed by atoms with Crippen molar-refractivity contribution in [1.29, 1.82) is 0 Å². The van der Waals surface area contributed by atoms with E-state index in [1.807, 2.05) is 12.1 Å². The van der Waals surface area contributed by atoms with Gasteiger partial charge in [0.05, 0.1) is 5.56 Å². The Balaban J connectivity index is 2.11. The van der Waals surface area contributed by atoms with E-state index in [0.29, 0.717) is 39.7 Å². The zero-order valence-electron chi connectivity index (χ0n) is 18.4. The summed E-state index contributed by atoms with van der Waals surface area (Å²) in [6, 6.07) is 7.50. The van der Waals surface area contributed by atoms with Gasteiger partial charge in [-0.05, 0) is 39.7 Å². The summed E-state index contributed by atoms with van der Waals surface area (Å²) in [5, 5.41) is 20.4. The van der Waals surface area contributed by atoms with Crippen molar-refractivity contribution < 1.29 is 14.6 Å². The molecular weight excluding hydrogens is 398 g/mol. The van der Waals surface area contributed by atoms with E-state index in [1.165, 1.54) is 0 Å². The van der Waals surface area contributed by atoms with Gasteiger partial charge in [-0.15, -0.1) is 0 Å². The maximum atomic E-state index is 10.9. The number of aromatic hydroxyl groups is 1. The third kappa shape index (κ3) is 4.64. The lowest BCUT2D eigenvalue weighted by Gasteiger charge is -2.28. The number of aromatic nitrogens is 1. The van der Waals surface area contributed by atoms with Gasteiger partial charge in [0.15, 0.2) is 11.5 Å². The molecule has 5 heteroatoms. The van der Waals surface area contributed by atoms with Crippen LogP contribution >= 0.6 is 11.6 Å². The van der Waals surface area contributed by atoms with Crippen molar-refractivity contribution >= 4 is 22.7 Å². The summed E-state index contributed by atoms with van der Waals surface area (Å²) in [4.78, 5) is 4.60. The molecule has 0 fully saturated rings. The van der Waals surface area contributed by atoms with Crippen molar-refractivity contribution in [1.82, 2.24) is 4.98 Å². The molecule has 3 rings (SSSR count). The van der Waals surface area contributed by atoms with Crippen molar-refractivity contribution in [2.75, 3.05) is 6.61 Å². The topological polar surface area (TPSA) is 66.5 Å². The lowest BCUT2D eigenvalue weighted by atomic mass is 9.78. The summed E-state index contributed by atoms with van der Waals surface area (Å²) >= 11 is 6.19. The monoisotopic (exact) mass is 425 g/mol. The van der Waals surface area contributed by atoms with Crippen LogP contribution in [0.15, 0.2) is 28.7 Å². The number of nitrogens with zero attached hydrogens (tertiary/aromatic N) is 1. The van der Waals surface area contributed by atoms with E-state index in [9.17, 15) is 5.11 Å². The molecule has 0 bridgehead atoms. The first-order valence-electron chi connectivity index (χ1n) is 9.95. The zero-order chi connectivity index (χ0) is 22.3. The molecule has 4 nitrogen and oxygen atoms in total. The fourth-order valence-electron chi connectivity index (χ4n) is 3.46. The van der Waals surface area contributed by atoms with Crippen LogP contribution < -0.4 is 0 Å². The molecule has 158 valence electrons. The second kappa shape index (κ2) is 7.98. The van der Waals surface area contributed by atoms with Crippen LogP contribution in [-0.2, 0) is 17.3 Å². The Hall–Kier alpha value is -2.48. The zero-order valence-corrected chi connectivity index (χ0v) is 19.1. The number of hydrogen-bond donors (Lipinski definition) is 2. The Kier molecular flexibility index (Phi) is 5.91. The molecule has 0 atom stereocenters. The highest BCUT2D eigenvalue weighted by Crippen LogP contribution is 2.40. The van der Waals surface area contributed by atoms with Gasteiger partial charge in [-0.1, -0.05) is 77.1 Å². The summed E-state index contributed by atoms with van der Waals surface area (Å²) in [6.45, 7) is 12.3. The van der Waals surface area contributed by atoms with Gasteiger partial charge in [-0.3, -0.25) is 0 Å². The van der Waals surface area contributed by atoms with Crippen LogP contribution in [0.3, 0.4) is 0 Å². The van der Waals surface area contributed by atoms with Crippen molar-refractivity contribution in [2.24, 2.45) is 0 Å². The first-order valence-corrected chi connectivity index (χ1v) is 10.3. The third-order valence-electron chi connectivity index (χ3n) is 4.94. The standard InChI is InChI=1S/C25H28ClNO3/c1-24(2,3)18-10-15(11-19(22(18)29)25(4,5)6)12-21-27-20-14-17(26)13-16(8-7-9-28)23(20)30-21/h10-11,13-14,28-29H,9,12H2,1-6H3. The molecule has 0 aliphatic rings. The van der Waals surface area contributed by atoms with Crippen LogP contribution in [0.5, 0.6) is 5.75 Å². The number of fused-ring (bicyclic) bond motifs is 1. The van der Waals surface area contributed by atoms with Gasteiger partial charge < -0.3 is 14.6 Å². The summed E-state index contributed by atoms with van der Waals surface area (Å²) in [5.41, 5.74) is 4.19. The Labute approximate surface area is 182 Å². The molecule has 0 radical (unpaired) electrons. The van der Waals surface area contributed by atoms with E-state index < -0.39 is 0 Å². The Morgan fingerprint density at radius 1 is 1.00 bits per heavy atom. The molecule has 3 aromatic rings. The van der Waals surface area contributed by atoms with Crippen LogP contribution in [-0.4, -0.2) is 21.8 Å². The lowest BCUT2D eigenvalue weighted by molar-refractivity contribution is 0.350. The van der Waals surface area contributed by atoms with Crippen molar-refractivity contribution in [3.8, 4) is 17.6 Å². The molecule has 1 heterocycles. The number of oxazole rings is 1. The minimum Gasteiger partial charge on any atom is -0.507 e. The van der Waals surface area contributed by atoms with Crippen LogP contribution in [0.4, 0.5) is 0 Å². The van der Waals surface area contributed by atoms with Crippen LogP contribution in [0.2, 0.25) is 5.02 Å². The molecule has 0 saturated heterocycles. The van der Waals surface area contributed by atoms with Crippen LogP contribution in [0.25, 0.3) is 11.1 Å². The highest BCUT2D eigenvalue weighted by atomic mass is 35.5. The largest absolute Gasteiger partial charge is 0.507 e. The minimum absolute atomic E-state index is 0.206. The average molecular weight is 426 g/mol. The van der Waals surface area contributed by atoms with E-state index in [4.69, 9.17) is 21.1 Å². The summed E-state index contributed by atoms with van der Waals surface area (Å²) in [5.74, 6) is 6.40. The number of hydrogen-bond acceptors (Lipinski definition) is 4. The summed E-state index contributed by atoms with van der Waals surface area (Å²) in [6.07, 6.45) is 0.478. The Bertz CT molecular complexity index is 1120. The average Bonchev–Trinajstić information content (AvgIpc) is 3.01. The third-order valence-corrected chi connectivity index (χ3v) is 5.16. The van der Waals surface area contributed by atoms with Crippen molar-refractivity contribution in [3.05, 3.63) is 57.4 Å². The normalized spacial score (nSPS) is 12.1. The predicted molar refractivity (Wildman–Crippen MR) is 121 cm³/mol. The van der Waals surface area contributed by atoms with Crippen molar-refractivity contribution in [2.45, 2.75) is 58.8 Å². The van der Waals surface area contributed by atoms with E-state index in [2.05, 4.69) is 58.4 Å². The molecule has 2 N–H and O–H groups in total. The molecule has 2 aromatic carbocycles. The van der Waals surface area contributed by atoms with E-state index in [0.717, 1.165) is 16.7 Å². The van der Waals surface area contributed by atoms with E-state index >= 15 is 0 Å². The number of aliphatic hydroxyl groups excluding tert-OH is 1. The first kappa shape index (κ1) is 22.2. The van der Waals surface area contributed by atoms with Gasteiger partial charge >= 0.3 is 0 Å². The molecule has 1 aromatic heterocycles. The molecule has 0 amide bonds. The SMILES string of the molecule is CC(C)(C)c1cc(Cc2nc3cc(Cl)cc(C#CCO)c3o2)cc(C(C)(C)C)c1O. The molecule has 0 aliphatic heterocycles. The lowest BCUT2D eigenvalue weighted by Crippen LogP contribution is -2.18. The molecule has 0 unspecified atom stereocenters. The Morgan fingerprint density at radius 3 is 2.13 bits per heavy atom. The summed E-state index contributed by atoms with van der Waals surface area (Å²) < 4.78 is 6.02. The minimum atomic E-state index is -0.242. The van der Waals surface area contributed by atoms with Crippen LogP contribution in [0.1, 0.15) is 69.7 Å². The number of rotatable bonds is 2. The quantitative estimate of drug-likeness (QED) is 0.515. The Morgan fingerprint density at radius 2 is 1.60 bits per heavy atom. The molecular formula is C25H28ClNO3. The van der Waals surface area contributed by atoms with Crippen LogP contribution in [0, 0.1) is 11.8 Å². The second-order valence-electron chi connectivity index (χ2n) is 9.59. The van der Waals surface area contributed by atoms with Gasteiger partial charge in [0, 0.05) is 11.4 Å². The van der Waals surface area contributed by atoms with Gasteiger partial charge in [0.1, 0.15) is 17.9 Å².